The predicted octanol–water partition coefficient (Wildman–Crippen LogP) is 2.20. The molecule has 2 aliphatic rings. The maximum Gasteiger partial charge on any atom is 0.361 e. The van der Waals surface area contributed by atoms with Crippen molar-refractivity contribution < 1.29 is 14.4 Å². The molecule has 0 spiro atoms. The summed E-state index contributed by atoms with van der Waals surface area (Å²) >= 11 is 0. The van der Waals surface area contributed by atoms with Crippen molar-refractivity contribution in [1.82, 2.24) is 0 Å². The van der Waals surface area contributed by atoms with Crippen LogP contribution >= 0.6 is 0 Å². The van der Waals surface area contributed by atoms with E-state index in [9.17, 15) is 4.79 Å². The predicted molar refractivity (Wildman–Crippen MR) is 80.7 cm³/mol. The van der Waals surface area contributed by atoms with E-state index in [1.54, 1.807) is 0 Å². The van der Waals surface area contributed by atoms with Crippen LogP contribution in [0.4, 0.5) is 0 Å². The highest BCUT2D eigenvalue weighted by atomic mass is 16.5. The molecule has 0 radical (unpaired) electrons. The van der Waals surface area contributed by atoms with Crippen molar-refractivity contribution in [3.63, 3.8) is 0 Å². The van der Waals surface area contributed by atoms with E-state index < -0.39 is 0 Å². The molecule has 0 aromatic rings. The molecule has 1 saturated heterocycles. The Balaban J connectivity index is 1.78. The average Bonchev–Trinajstić information content (AvgIpc) is 2.41. The van der Waals surface area contributed by atoms with Gasteiger partial charge < -0.3 is 9.64 Å². The van der Waals surface area contributed by atoms with E-state index in [4.69, 9.17) is 4.74 Å². The van der Waals surface area contributed by atoms with Crippen molar-refractivity contribution in [3.05, 3.63) is 0 Å². The van der Waals surface area contributed by atoms with E-state index >= 15 is 0 Å². The maximum absolute atomic E-state index is 12.2. The summed E-state index contributed by atoms with van der Waals surface area (Å²) in [6.45, 7) is 7.42. The summed E-state index contributed by atoms with van der Waals surface area (Å²) in [5.74, 6) is 1.35. The summed E-state index contributed by atoms with van der Waals surface area (Å²) < 4.78 is 5.85. The largest absolute Gasteiger partial charge is 0.458 e. The molecule has 0 amide bonds. The SMILES string of the molecule is CC(C)CC1CCCCC1OC(=O)C[NH+]1CCCCC1. The van der Waals surface area contributed by atoms with Gasteiger partial charge in [-0.15, -0.1) is 0 Å². The van der Waals surface area contributed by atoms with Gasteiger partial charge in [0.1, 0.15) is 6.10 Å². The first-order valence-corrected chi connectivity index (χ1v) is 8.68. The molecule has 3 heteroatoms. The average molecular weight is 282 g/mol. The number of likely N-dealkylation sites (tertiary alicyclic amines) is 1. The highest BCUT2D eigenvalue weighted by Gasteiger charge is 2.30. The van der Waals surface area contributed by atoms with Crippen LogP contribution in [0.25, 0.3) is 0 Å². The molecule has 0 aromatic carbocycles. The Morgan fingerprint density at radius 2 is 1.80 bits per heavy atom. The van der Waals surface area contributed by atoms with Gasteiger partial charge in [-0.25, -0.2) is 4.79 Å². The lowest BCUT2D eigenvalue weighted by molar-refractivity contribution is -0.897. The Morgan fingerprint density at radius 1 is 1.10 bits per heavy atom. The van der Waals surface area contributed by atoms with Crippen molar-refractivity contribution in [2.75, 3.05) is 19.6 Å². The number of carbonyl (C=O) groups excluding carboxylic acids is 1. The van der Waals surface area contributed by atoms with E-state index in [2.05, 4.69) is 13.8 Å². The highest BCUT2D eigenvalue weighted by Crippen LogP contribution is 2.31. The van der Waals surface area contributed by atoms with Crippen LogP contribution in [-0.4, -0.2) is 31.7 Å². The zero-order chi connectivity index (χ0) is 14.4. The first-order valence-electron chi connectivity index (χ1n) is 8.68. The second-order valence-corrected chi connectivity index (χ2v) is 7.19. The number of hydrogen-bond acceptors (Lipinski definition) is 2. The minimum absolute atomic E-state index is 0.0440. The number of carbonyl (C=O) groups is 1. The number of quaternary nitrogens is 1. The number of esters is 1. The number of ether oxygens (including phenoxy) is 1. The van der Waals surface area contributed by atoms with Gasteiger partial charge >= 0.3 is 5.97 Å². The molecular formula is C17H32NO2+. The fourth-order valence-electron chi connectivity index (χ4n) is 3.85. The molecule has 3 nitrogen and oxygen atoms in total. The van der Waals surface area contributed by atoms with Gasteiger partial charge in [-0.3, -0.25) is 0 Å². The Hall–Kier alpha value is -0.570. The van der Waals surface area contributed by atoms with Gasteiger partial charge in [0, 0.05) is 0 Å². The van der Waals surface area contributed by atoms with Crippen LogP contribution in [0.15, 0.2) is 0 Å². The van der Waals surface area contributed by atoms with Crippen molar-refractivity contribution >= 4 is 5.97 Å². The molecule has 0 bridgehead atoms. The van der Waals surface area contributed by atoms with Crippen LogP contribution < -0.4 is 4.90 Å². The summed E-state index contributed by atoms with van der Waals surface area (Å²) in [5.41, 5.74) is 0. The first kappa shape index (κ1) is 15.8. The quantitative estimate of drug-likeness (QED) is 0.784. The third-order valence-corrected chi connectivity index (χ3v) is 4.85. The van der Waals surface area contributed by atoms with E-state index in [1.165, 1.54) is 49.8 Å². The zero-order valence-corrected chi connectivity index (χ0v) is 13.3. The smallest absolute Gasteiger partial charge is 0.361 e. The van der Waals surface area contributed by atoms with Crippen LogP contribution in [-0.2, 0) is 9.53 Å². The van der Waals surface area contributed by atoms with Crippen LogP contribution in [0.5, 0.6) is 0 Å². The molecule has 116 valence electrons. The van der Waals surface area contributed by atoms with Gasteiger partial charge in [0.25, 0.3) is 0 Å². The lowest BCUT2D eigenvalue weighted by Crippen LogP contribution is -3.13. The second kappa shape index (κ2) is 8.02. The monoisotopic (exact) mass is 282 g/mol. The van der Waals surface area contributed by atoms with Crippen molar-refractivity contribution in [2.45, 2.75) is 71.3 Å². The molecule has 2 rings (SSSR count). The standard InChI is InChI=1S/C17H31NO2/c1-14(2)12-15-8-4-5-9-16(15)20-17(19)13-18-10-6-3-7-11-18/h14-16H,3-13H2,1-2H3/p+1. The molecule has 2 atom stereocenters. The lowest BCUT2D eigenvalue weighted by atomic mass is 9.81. The lowest BCUT2D eigenvalue weighted by Gasteiger charge is -2.32. The molecular weight excluding hydrogens is 250 g/mol. The van der Waals surface area contributed by atoms with Gasteiger partial charge in [-0.05, 0) is 56.8 Å². The van der Waals surface area contributed by atoms with E-state index in [-0.39, 0.29) is 12.1 Å². The third-order valence-electron chi connectivity index (χ3n) is 4.85. The van der Waals surface area contributed by atoms with Gasteiger partial charge in [0.15, 0.2) is 6.54 Å². The molecule has 1 aliphatic carbocycles. The summed E-state index contributed by atoms with van der Waals surface area (Å²) in [6, 6.07) is 0. The zero-order valence-electron chi connectivity index (χ0n) is 13.3. The van der Waals surface area contributed by atoms with E-state index in [0.29, 0.717) is 18.4 Å². The number of hydrogen-bond donors (Lipinski definition) is 1. The summed E-state index contributed by atoms with van der Waals surface area (Å²) in [7, 11) is 0. The van der Waals surface area contributed by atoms with Crippen molar-refractivity contribution in [1.29, 1.82) is 0 Å². The first-order chi connectivity index (χ1) is 9.65. The Morgan fingerprint density at radius 3 is 2.50 bits per heavy atom. The maximum atomic E-state index is 12.2. The third kappa shape index (κ3) is 5.08. The highest BCUT2D eigenvalue weighted by molar-refractivity contribution is 5.70. The Kier molecular flexibility index (Phi) is 6.34. The number of piperidine rings is 1. The van der Waals surface area contributed by atoms with Crippen LogP contribution in [0.2, 0.25) is 0 Å². The molecule has 0 aromatic heterocycles. The summed E-state index contributed by atoms with van der Waals surface area (Å²) in [6.07, 6.45) is 10.1. The molecule has 2 unspecified atom stereocenters. The van der Waals surface area contributed by atoms with Gasteiger partial charge in [0.05, 0.1) is 13.1 Å². The van der Waals surface area contributed by atoms with Crippen LogP contribution in [0, 0.1) is 11.8 Å². The van der Waals surface area contributed by atoms with Crippen molar-refractivity contribution in [3.8, 4) is 0 Å². The topological polar surface area (TPSA) is 30.7 Å². The summed E-state index contributed by atoms with van der Waals surface area (Å²) in [5, 5.41) is 0. The van der Waals surface area contributed by atoms with Gasteiger partial charge in [0.2, 0.25) is 0 Å². The normalized spacial score (nSPS) is 28.6. The van der Waals surface area contributed by atoms with Gasteiger partial charge in [-0.1, -0.05) is 20.3 Å². The fourth-order valence-corrected chi connectivity index (χ4v) is 3.85. The number of rotatable bonds is 5. The van der Waals surface area contributed by atoms with Crippen LogP contribution in [0.1, 0.15) is 65.2 Å². The molecule has 1 heterocycles. The molecule has 1 N–H and O–H groups in total. The van der Waals surface area contributed by atoms with E-state index in [0.717, 1.165) is 19.5 Å². The minimum Gasteiger partial charge on any atom is -0.458 e. The fraction of sp³-hybridized carbons (Fsp3) is 0.941. The molecule has 2 fully saturated rings. The molecule has 20 heavy (non-hydrogen) atoms. The molecule has 1 aliphatic heterocycles. The summed E-state index contributed by atoms with van der Waals surface area (Å²) in [4.78, 5) is 13.6. The van der Waals surface area contributed by atoms with E-state index in [1.807, 2.05) is 0 Å². The minimum atomic E-state index is 0.0440. The molecule has 1 saturated carbocycles. The Labute approximate surface area is 124 Å². The van der Waals surface area contributed by atoms with Crippen LogP contribution in [0.3, 0.4) is 0 Å². The second-order valence-electron chi connectivity index (χ2n) is 7.19. The van der Waals surface area contributed by atoms with Crippen molar-refractivity contribution in [2.24, 2.45) is 11.8 Å². The number of nitrogens with one attached hydrogen (secondary N) is 1. The van der Waals surface area contributed by atoms with Gasteiger partial charge in [-0.2, -0.15) is 0 Å². The Bertz CT molecular complexity index is 297.